The number of carbonyl (C=O) groups is 1. The van der Waals surface area contributed by atoms with E-state index in [0.717, 1.165) is 31.5 Å². The van der Waals surface area contributed by atoms with Gasteiger partial charge in [-0.15, -0.1) is 0 Å². The lowest BCUT2D eigenvalue weighted by Crippen LogP contribution is -2.42. The molecule has 0 spiro atoms. The standard InChI is InChI=1S/C23H34N4O5/c1-23(2,3)31-22(28)26(4)13-16-8-7-11-27(14-16)15-20-24-21(25-32-20)17-9-10-18(29-5)19(12-17)30-6/h9-10,12,16H,7-8,11,13-15H2,1-6H3. The van der Waals surface area contributed by atoms with Crippen LogP contribution in [0.1, 0.15) is 39.5 Å². The summed E-state index contributed by atoms with van der Waals surface area (Å²) in [5, 5.41) is 4.13. The second-order valence-electron chi connectivity index (χ2n) is 9.19. The Morgan fingerprint density at radius 1 is 1.25 bits per heavy atom. The molecular formula is C23H34N4O5. The molecule has 1 unspecified atom stereocenters. The number of hydrogen-bond acceptors (Lipinski definition) is 8. The molecule has 0 bridgehead atoms. The third-order valence-electron chi connectivity index (χ3n) is 5.31. The molecule has 1 saturated heterocycles. The highest BCUT2D eigenvalue weighted by Crippen LogP contribution is 2.31. The van der Waals surface area contributed by atoms with Gasteiger partial charge in [0.15, 0.2) is 11.5 Å². The molecule has 32 heavy (non-hydrogen) atoms. The zero-order valence-corrected chi connectivity index (χ0v) is 19.9. The molecule has 2 heterocycles. The van der Waals surface area contributed by atoms with Gasteiger partial charge in [0.1, 0.15) is 5.60 Å². The number of hydrogen-bond donors (Lipinski definition) is 0. The van der Waals surface area contributed by atoms with Gasteiger partial charge in [-0.1, -0.05) is 5.16 Å². The largest absolute Gasteiger partial charge is 0.493 e. The molecule has 0 N–H and O–H groups in total. The Morgan fingerprint density at radius 2 is 2.00 bits per heavy atom. The van der Waals surface area contributed by atoms with Gasteiger partial charge in [-0.2, -0.15) is 4.98 Å². The lowest BCUT2D eigenvalue weighted by molar-refractivity contribution is 0.0238. The highest BCUT2D eigenvalue weighted by molar-refractivity contribution is 5.67. The number of rotatable bonds is 7. The van der Waals surface area contributed by atoms with Gasteiger partial charge in [-0.3, -0.25) is 4.90 Å². The van der Waals surface area contributed by atoms with Crippen LogP contribution in [0.5, 0.6) is 11.5 Å². The number of benzene rings is 1. The molecule has 0 radical (unpaired) electrons. The Labute approximate surface area is 189 Å². The van der Waals surface area contributed by atoms with E-state index in [1.54, 1.807) is 26.2 Å². The highest BCUT2D eigenvalue weighted by Gasteiger charge is 2.26. The minimum Gasteiger partial charge on any atom is -0.493 e. The van der Waals surface area contributed by atoms with Crippen molar-refractivity contribution in [2.45, 2.75) is 45.8 Å². The molecule has 3 rings (SSSR count). The zero-order chi connectivity index (χ0) is 23.3. The predicted octanol–water partition coefficient (Wildman–Crippen LogP) is 3.83. The Kier molecular flexibility index (Phi) is 7.60. The second kappa shape index (κ2) is 10.2. The fourth-order valence-corrected chi connectivity index (χ4v) is 3.85. The van der Waals surface area contributed by atoms with Crippen molar-refractivity contribution in [1.82, 2.24) is 19.9 Å². The van der Waals surface area contributed by atoms with Gasteiger partial charge in [0.2, 0.25) is 11.7 Å². The number of aromatic nitrogens is 2. The summed E-state index contributed by atoms with van der Waals surface area (Å²) in [6.45, 7) is 8.69. The molecule has 1 aromatic heterocycles. The lowest BCUT2D eigenvalue weighted by atomic mass is 9.97. The van der Waals surface area contributed by atoms with Crippen LogP contribution in [-0.2, 0) is 11.3 Å². The molecule has 1 amide bonds. The third-order valence-corrected chi connectivity index (χ3v) is 5.31. The van der Waals surface area contributed by atoms with Crippen molar-refractivity contribution in [1.29, 1.82) is 0 Å². The number of carbonyl (C=O) groups excluding carboxylic acids is 1. The number of nitrogens with zero attached hydrogens (tertiary/aromatic N) is 4. The van der Waals surface area contributed by atoms with Crippen LogP contribution < -0.4 is 9.47 Å². The summed E-state index contributed by atoms with van der Waals surface area (Å²) >= 11 is 0. The van der Waals surface area contributed by atoms with Crippen molar-refractivity contribution >= 4 is 6.09 Å². The van der Waals surface area contributed by atoms with Gasteiger partial charge in [0.05, 0.1) is 20.8 Å². The average Bonchev–Trinajstić information content (AvgIpc) is 3.20. The molecule has 1 aliphatic rings. The van der Waals surface area contributed by atoms with Crippen LogP contribution in [0.3, 0.4) is 0 Å². The van der Waals surface area contributed by atoms with Crippen LogP contribution >= 0.6 is 0 Å². The smallest absolute Gasteiger partial charge is 0.410 e. The molecule has 2 aromatic rings. The quantitative estimate of drug-likeness (QED) is 0.634. The molecule has 1 aromatic carbocycles. The number of likely N-dealkylation sites (tertiary alicyclic amines) is 1. The fraction of sp³-hybridized carbons (Fsp3) is 0.609. The predicted molar refractivity (Wildman–Crippen MR) is 120 cm³/mol. The summed E-state index contributed by atoms with van der Waals surface area (Å²) in [5.41, 5.74) is 0.307. The van der Waals surface area contributed by atoms with E-state index in [1.807, 2.05) is 39.0 Å². The molecule has 9 heteroatoms. The van der Waals surface area contributed by atoms with Gasteiger partial charge in [-0.05, 0) is 64.3 Å². The van der Waals surface area contributed by atoms with E-state index >= 15 is 0 Å². The minimum atomic E-state index is -0.493. The number of piperidine rings is 1. The average molecular weight is 447 g/mol. The van der Waals surface area contributed by atoms with E-state index < -0.39 is 5.60 Å². The minimum absolute atomic E-state index is 0.286. The maximum Gasteiger partial charge on any atom is 0.410 e. The summed E-state index contributed by atoms with van der Waals surface area (Å²) in [5.74, 6) is 2.71. The topological polar surface area (TPSA) is 90.2 Å². The SMILES string of the molecule is COc1ccc(-c2noc(CN3CCCC(CN(C)C(=O)OC(C)(C)C)C3)n2)cc1OC. The zero-order valence-electron chi connectivity index (χ0n) is 19.9. The normalized spacial score (nSPS) is 17.1. The number of methoxy groups -OCH3 is 2. The van der Waals surface area contributed by atoms with Gasteiger partial charge < -0.3 is 23.6 Å². The first-order valence-electron chi connectivity index (χ1n) is 10.9. The van der Waals surface area contributed by atoms with Crippen LogP contribution in [0.2, 0.25) is 0 Å². The Balaban J connectivity index is 1.58. The van der Waals surface area contributed by atoms with Crippen molar-refractivity contribution in [2.24, 2.45) is 5.92 Å². The van der Waals surface area contributed by atoms with Crippen LogP contribution in [-0.4, -0.2) is 72.5 Å². The highest BCUT2D eigenvalue weighted by atomic mass is 16.6. The Morgan fingerprint density at radius 3 is 2.69 bits per heavy atom. The van der Waals surface area contributed by atoms with Crippen LogP contribution in [0.4, 0.5) is 4.79 Å². The van der Waals surface area contributed by atoms with Crippen molar-refractivity contribution in [3.05, 3.63) is 24.1 Å². The maximum absolute atomic E-state index is 12.3. The Hall–Kier alpha value is -2.81. The van der Waals surface area contributed by atoms with Crippen molar-refractivity contribution in [3.8, 4) is 22.9 Å². The lowest BCUT2D eigenvalue weighted by Gasteiger charge is -2.34. The first kappa shape index (κ1) is 23.8. The molecule has 176 valence electrons. The van der Waals surface area contributed by atoms with Crippen LogP contribution in [0.25, 0.3) is 11.4 Å². The first-order chi connectivity index (χ1) is 15.2. The summed E-state index contributed by atoms with van der Waals surface area (Å²) < 4.78 is 21.6. The fourth-order valence-electron chi connectivity index (χ4n) is 3.85. The number of ether oxygens (including phenoxy) is 3. The van der Waals surface area contributed by atoms with Gasteiger partial charge >= 0.3 is 6.09 Å². The Bertz CT molecular complexity index is 908. The van der Waals surface area contributed by atoms with E-state index in [0.29, 0.717) is 42.2 Å². The van der Waals surface area contributed by atoms with Gasteiger partial charge in [-0.25, -0.2) is 4.79 Å². The van der Waals surface area contributed by atoms with Crippen molar-refractivity contribution in [2.75, 3.05) is 40.9 Å². The molecule has 9 nitrogen and oxygen atoms in total. The second-order valence-corrected chi connectivity index (χ2v) is 9.19. The summed E-state index contributed by atoms with van der Waals surface area (Å²) in [6.07, 6.45) is 1.85. The van der Waals surface area contributed by atoms with Crippen molar-refractivity contribution in [3.63, 3.8) is 0 Å². The molecule has 0 aliphatic carbocycles. The van der Waals surface area contributed by atoms with Crippen molar-refractivity contribution < 1.29 is 23.5 Å². The van der Waals surface area contributed by atoms with Gasteiger partial charge in [0, 0.05) is 25.7 Å². The monoisotopic (exact) mass is 446 g/mol. The van der Waals surface area contributed by atoms with E-state index in [-0.39, 0.29) is 6.09 Å². The summed E-state index contributed by atoms with van der Waals surface area (Å²) in [4.78, 5) is 20.8. The molecule has 1 aliphatic heterocycles. The molecule has 1 atom stereocenters. The summed E-state index contributed by atoms with van der Waals surface area (Å²) in [6, 6.07) is 5.52. The molecule has 0 saturated carbocycles. The van der Waals surface area contributed by atoms with E-state index in [9.17, 15) is 4.79 Å². The summed E-state index contributed by atoms with van der Waals surface area (Å²) in [7, 11) is 4.98. The maximum atomic E-state index is 12.3. The third kappa shape index (κ3) is 6.35. The van der Waals surface area contributed by atoms with Crippen LogP contribution in [0, 0.1) is 5.92 Å². The van der Waals surface area contributed by atoms with Gasteiger partial charge in [0.25, 0.3) is 0 Å². The van der Waals surface area contributed by atoms with E-state index in [4.69, 9.17) is 18.7 Å². The van der Waals surface area contributed by atoms with E-state index in [2.05, 4.69) is 15.0 Å². The molecular weight excluding hydrogens is 412 g/mol. The first-order valence-corrected chi connectivity index (χ1v) is 10.9. The molecule has 1 fully saturated rings. The van der Waals surface area contributed by atoms with Crippen LogP contribution in [0.15, 0.2) is 22.7 Å². The number of amides is 1. The van der Waals surface area contributed by atoms with E-state index in [1.165, 1.54) is 0 Å².